The number of nitrogens with two attached hydrogens (primary N) is 1. The predicted molar refractivity (Wildman–Crippen MR) is 107 cm³/mol. The number of aliphatic carboxylic acids is 2. The highest BCUT2D eigenvalue weighted by molar-refractivity contribution is 8.76. The van der Waals surface area contributed by atoms with Gasteiger partial charge in [-0.25, -0.2) is 4.79 Å². The minimum absolute atomic E-state index is 0.162. The van der Waals surface area contributed by atoms with Crippen LogP contribution in [-0.4, -0.2) is 51.6 Å². The Morgan fingerprint density at radius 2 is 1.42 bits per heavy atom. The second-order valence-corrected chi connectivity index (χ2v) is 8.75. The van der Waals surface area contributed by atoms with E-state index in [-0.39, 0.29) is 17.4 Å². The van der Waals surface area contributed by atoms with Crippen LogP contribution in [0.2, 0.25) is 0 Å². The van der Waals surface area contributed by atoms with Gasteiger partial charge in [-0.3, -0.25) is 9.59 Å². The molecule has 0 unspecified atom stereocenters. The first kappa shape index (κ1) is 25.1. The van der Waals surface area contributed by atoms with E-state index in [1.54, 1.807) is 0 Å². The summed E-state index contributed by atoms with van der Waals surface area (Å²) < 4.78 is 0. The van der Waals surface area contributed by atoms with Gasteiger partial charge in [0.2, 0.25) is 5.91 Å². The van der Waals surface area contributed by atoms with Crippen molar-refractivity contribution in [3.05, 3.63) is 0 Å². The lowest BCUT2D eigenvalue weighted by molar-refractivity contribution is -0.141. The molecule has 0 aromatic carbocycles. The summed E-state index contributed by atoms with van der Waals surface area (Å²) in [5, 5.41) is 20.4. The van der Waals surface area contributed by atoms with Crippen LogP contribution < -0.4 is 11.1 Å². The van der Waals surface area contributed by atoms with Gasteiger partial charge in [0.1, 0.15) is 12.1 Å². The molecule has 0 aromatic heterocycles. The predicted octanol–water partition coefficient (Wildman–Crippen LogP) is 2.88. The van der Waals surface area contributed by atoms with Crippen molar-refractivity contribution in [2.24, 2.45) is 5.73 Å². The lowest BCUT2D eigenvalue weighted by atomic mass is 10.1. The average molecular weight is 409 g/mol. The number of hydrogen-bond donors (Lipinski definition) is 4. The van der Waals surface area contributed by atoms with Crippen LogP contribution >= 0.6 is 21.6 Å². The monoisotopic (exact) mass is 408 g/mol. The fraction of sp³-hybridized carbons (Fsp3) is 0.824. The van der Waals surface area contributed by atoms with E-state index in [9.17, 15) is 19.5 Å². The number of carbonyl (C=O) groups is 3. The van der Waals surface area contributed by atoms with Gasteiger partial charge in [0.25, 0.3) is 0 Å². The van der Waals surface area contributed by atoms with Crippen molar-refractivity contribution in [1.82, 2.24) is 5.32 Å². The summed E-state index contributed by atoms with van der Waals surface area (Å²) in [6.45, 7) is 2.19. The van der Waals surface area contributed by atoms with Gasteiger partial charge in [-0.05, 0) is 6.42 Å². The zero-order valence-corrected chi connectivity index (χ0v) is 17.1. The van der Waals surface area contributed by atoms with Crippen molar-refractivity contribution in [2.75, 3.05) is 11.5 Å². The molecule has 0 aliphatic carbocycles. The first-order chi connectivity index (χ1) is 12.4. The Morgan fingerprint density at radius 3 is 1.96 bits per heavy atom. The average Bonchev–Trinajstić information content (AvgIpc) is 2.59. The SMILES string of the molecule is CCCCCCCCCCC(=O)N[C@@H](CSSC[C@H](N)C(=O)O)C(=O)O. The van der Waals surface area contributed by atoms with Gasteiger partial charge in [-0.15, -0.1) is 0 Å². The largest absolute Gasteiger partial charge is 0.480 e. The molecule has 0 heterocycles. The Hall–Kier alpha value is -0.930. The molecular weight excluding hydrogens is 376 g/mol. The molecule has 0 spiro atoms. The molecular formula is C17H32N2O5S2. The molecule has 26 heavy (non-hydrogen) atoms. The van der Waals surface area contributed by atoms with Crippen LogP contribution in [0.1, 0.15) is 64.7 Å². The molecule has 0 radical (unpaired) electrons. The number of carboxylic acids is 2. The Bertz CT molecular complexity index is 424. The third-order valence-corrected chi connectivity index (χ3v) is 6.22. The molecule has 0 bridgehead atoms. The highest BCUT2D eigenvalue weighted by Gasteiger charge is 2.20. The Kier molecular flexibility index (Phi) is 15.7. The summed E-state index contributed by atoms with van der Waals surface area (Å²) in [4.78, 5) is 33.7. The van der Waals surface area contributed by atoms with Gasteiger partial charge >= 0.3 is 11.9 Å². The van der Waals surface area contributed by atoms with E-state index in [0.29, 0.717) is 6.42 Å². The molecule has 152 valence electrons. The number of rotatable bonds is 17. The molecule has 5 N–H and O–H groups in total. The lowest BCUT2D eigenvalue weighted by Gasteiger charge is -2.14. The van der Waals surface area contributed by atoms with Gasteiger partial charge in [-0.1, -0.05) is 73.5 Å². The highest BCUT2D eigenvalue weighted by atomic mass is 33.1. The summed E-state index contributed by atoms with van der Waals surface area (Å²) in [6.07, 6.45) is 9.38. The summed E-state index contributed by atoms with van der Waals surface area (Å²) in [5.74, 6) is -2.10. The van der Waals surface area contributed by atoms with E-state index >= 15 is 0 Å². The second-order valence-electron chi connectivity index (χ2n) is 6.20. The topological polar surface area (TPSA) is 130 Å². The van der Waals surface area contributed by atoms with Crippen molar-refractivity contribution in [3.8, 4) is 0 Å². The van der Waals surface area contributed by atoms with E-state index in [0.717, 1.165) is 19.3 Å². The van der Waals surface area contributed by atoms with Crippen molar-refractivity contribution >= 4 is 39.4 Å². The molecule has 0 rings (SSSR count). The standard InChI is InChI=1S/C17H32N2O5S2/c1-2-3-4-5-6-7-8-9-10-15(20)19-14(17(23)24)12-26-25-11-13(18)16(21)22/h13-14H,2-12,18H2,1H3,(H,19,20)(H,21,22)(H,23,24)/t13-,14-/m0/s1. The van der Waals surface area contributed by atoms with Crippen LogP contribution in [0.3, 0.4) is 0 Å². The fourth-order valence-electron chi connectivity index (χ4n) is 2.17. The Balaban J connectivity index is 3.84. The van der Waals surface area contributed by atoms with E-state index < -0.39 is 24.0 Å². The van der Waals surface area contributed by atoms with Crippen molar-refractivity contribution < 1.29 is 24.6 Å². The van der Waals surface area contributed by atoms with Crippen LogP contribution in [0.4, 0.5) is 0 Å². The molecule has 2 atom stereocenters. The summed E-state index contributed by atoms with van der Waals surface area (Å²) in [6, 6.07) is -1.96. The summed E-state index contributed by atoms with van der Waals surface area (Å²) in [5.41, 5.74) is 5.37. The third kappa shape index (κ3) is 14.3. The van der Waals surface area contributed by atoms with Crippen LogP contribution in [0.25, 0.3) is 0 Å². The van der Waals surface area contributed by atoms with Crippen molar-refractivity contribution in [2.45, 2.75) is 76.8 Å². The Morgan fingerprint density at radius 1 is 0.885 bits per heavy atom. The molecule has 1 amide bonds. The first-order valence-electron chi connectivity index (χ1n) is 9.13. The zero-order valence-electron chi connectivity index (χ0n) is 15.4. The maximum atomic E-state index is 11.9. The summed E-state index contributed by atoms with van der Waals surface area (Å²) >= 11 is 0. The zero-order chi connectivity index (χ0) is 19.8. The molecule has 0 aliphatic heterocycles. The fourth-order valence-corrected chi connectivity index (χ4v) is 4.44. The van der Waals surface area contributed by atoms with Gasteiger partial charge in [-0.2, -0.15) is 0 Å². The van der Waals surface area contributed by atoms with E-state index in [1.165, 1.54) is 53.7 Å². The van der Waals surface area contributed by atoms with E-state index in [1.807, 2.05) is 0 Å². The first-order valence-corrected chi connectivity index (χ1v) is 11.6. The van der Waals surface area contributed by atoms with Crippen LogP contribution in [0.15, 0.2) is 0 Å². The van der Waals surface area contributed by atoms with Gasteiger partial charge in [0.15, 0.2) is 0 Å². The van der Waals surface area contributed by atoms with Gasteiger partial charge in [0.05, 0.1) is 0 Å². The number of unbranched alkanes of at least 4 members (excludes halogenated alkanes) is 7. The lowest BCUT2D eigenvalue weighted by Crippen LogP contribution is -2.42. The van der Waals surface area contributed by atoms with Crippen molar-refractivity contribution in [1.29, 1.82) is 0 Å². The number of carboxylic acid groups (broad SMARTS) is 2. The molecule has 0 saturated carbocycles. The number of amides is 1. The number of nitrogens with one attached hydrogen (secondary N) is 1. The molecule has 7 nitrogen and oxygen atoms in total. The van der Waals surface area contributed by atoms with Gasteiger partial charge < -0.3 is 21.3 Å². The number of hydrogen-bond acceptors (Lipinski definition) is 6. The van der Waals surface area contributed by atoms with Gasteiger partial charge in [0, 0.05) is 17.9 Å². The Labute approximate surface area is 163 Å². The molecule has 0 aliphatic rings. The van der Waals surface area contributed by atoms with Crippen LogP contribution in [0.5, 0.6) is 0 Å². The van der Waals surface area contributed by atoms with Crippen LogP contribution in [-0.2, 0) is 14.4 Å². The quantitative estimate of drug-likeness (QED) is 0.213. The minimum atomic E-state index is -1.09. The summed E-state index contributed by atoms with van der Waals surface area (Å²) in [7, 11) is 2.39. The van der Waals surface area contributed by atoms with E-state index in [4.69, 9.17) is 10.8 Å². The molecule has 0 aromatic rings. The number of carbonyl (C=O) groups excluding carboxylic acids is 1. The van der Waals surface area contributed by atoms with Crippen LogP contribution in [0, 0.1) is 0 Å². The molecule has 0 fully saturated rings. The van der Waals surface area contributed by atoms with Crippen molar-refractivity contribution in [3.63, 3.8) is 0 Å². The minimum Gasteiger partial charge on any atom is -0.480 e. The second kappa shape index (κ2) is 16.3. The molecule has 9 heteroatoms. The maximum Gasteiger partial charge on any atom is 0.327 e. The molecule has 0 saturated heterocycles. The third-order valence-electron chi connectivity index (χ3n) is 3.77. The smallest absolute Gasteiger partial charge is 0.327 e. The van der Waals surface area contributed by atoms with E-state index in [2.05, 4.69) is 12.2 Å². The highest BCUT2D eigenvalue weighted by Crippen LogP contribution is 2.22. The normalized spacial score (nSPS) is 13.2. The maximum absolute atomic E-state index is 11.9.